The molecule has 1 unspecified atom stereocenters. The van der Waals surface area contributed by atoms with Crippen molar-refractivity contribution in [3.8, 4) is 0 Å². The zero-order valence-corrected chi connectivity index (χ0v) is 9.54. The van der Waals surface area contributed by atoms with Gasteiger partial charge in [-0.2, -0.15) is 0 Å². The van der Waals surface area contributed by atoms with Crippen LogP contribution in [-0.2, 0) is 9.53 Å². The number of rotatable bonds is 4. The van der Waals surface area contributed by atoms with Crippen LogP contribution in [0.4, 0.5) is 0 Å². The van der Waals surface area contributed by atoms with E-state index < -0.39 is 0 Å². The Morgan fingerprint density at radius 1 is 1.00 bits per heavy atom. The molecule has 2 nitrogen and oxygen atoms in total. The van der Waals surface area contributed by atoms with Crippen molar-refractivity contribution in [3.63, 3.8) is 0 Å². The van der Waals surface area contributed by atoms with Crippen LogP contribution >= 0.6 is 0 Å². The molecule has 2 rings (SSSR count). The van der Waals surface area contributed by atoms with Crippen molar-refractivity contribution in [2.75, 3.05) is 6.61 Å². The molecule has 1 saturated heterocycles. The summed E-state index contributed by atoms with van der Waals surface area (Å²) in [5, 5.41) is 0. The standard InChI is InChI=1S/C13H22O2/c14-12(10-13-7-4-8-15-13)9-11-5-2-1-3-6-11/h11,13H,1-10H2. The molecule has 0 amide bonds. The van der Waals surface area contributed by atoms with Gasteiger partial charge in [-0.15, -0.1) is 0 Å². The summed E-state index contributed by atoms with van der Waals surface area (Å²) >= 11 is 0. The van der Waals surface area contributed by atoms with Crippen molar-refractivity contribution < 1.29 is 9.53 Å². The molecule has 1 saturated carbocycles. The lowest BCUT2D eigenvalue weighted by atomic mass is 9.85. The number of ketones is 1. The minimum absolute atomic E-state index is 0.251. The molecule has 1 aliphatic heterocycles. The number of carbonyl (C=O) groups excluding carboxylic acids is 1. The zero-order valence-electron chi connectivity index (χ0n) is 9.54. The highest BCUT2D eigenvalue weighted by Gasteiger charge is 2.22. The van der Waals surface area contributed by atoms with Crippen molar-refractivity contribution in [3.05, 3.63) is 0 Å². The Morgan fingerprint density at radius 3 is 2.47 bits per heavy atom. The second-order valence-corrected chi connectivity index (χ2v) is 5.09. The molecule has 0 aromatic heterocycles. The van der Waals surface area contributed by atoms with Crippen LogP contribution in [0.15, 0.2) is 0 Å². The van der Waals surface area contributed by atoms with Crippen LogP contribution in [0.3, 0.4) is 0 Å². The van der Waals surface area contributed by atoms with Gasteiger partial charge in [-0.1, -0.05) is 32.1 Å². The number of hydrogen-bond donors (Lipinski definition) is 0. The third kappa shape index (κ3) is 3.60. The predicted molar refractivity (Wildman–Crippen MR) is 59.8 cm³/mol. The molecule has 1 heterocycles. The van der Waals surface area contributed by atoms with Gasteiger partial charge in [-0.25, -0.2) is 0 Å². The topological polar surface area (TPSA) is 26.3 Å². The molecule has 0 aromatic rings. The van der Waals surface area contributed by atoms with Gasteiger partial charge in [0.2, 0.25) is 0 Å². The van der Waals surface area contributed by atoms with E-state index in [1.54, 1.807) is 0 Å². The first-order valence-electron chi connectivity index (χ1n) is 6.48. The third-order valence-electron chi connectivity index (χ3n) is 3.72. The summed E-state index contributed by atoms with van der Waals surface area (Å²) < 4.78 is 5.49. The molecule has 0 spiro atoms. The molecule has 0 radical (unpaired) electrons. The number of Topliss-reactive ketones (excluding diaryl/α,β-unsaturated/α-hetero) is 1. The maximum absolute atomic E-state index is 11.8. The van der Waals surface area contributed by atoms with Gasteiger partial charge in [0.25, 0.3) is 0 Å². The summed E-state index contributed by atoms with van der Waals surface area (Å²) in [5.41, 5.74) is 0. The smallest absolute Gasteiger partial charge is 0.135 e. The molecule has 2 aliphatic rings. The highest BCUT2D eigenvalue weighted by Crippen LogP contribution is 2.27. The highest BCUT2D eigenvalue weighted by atomic mass is 16.5. The molecule has 0 bridgehead atoms. The fraction of sp³-hybridized carbons (Fsp3) is 0.923. The molecule has 0 aromatic carbocycles. The number of ether oxygens (including phenoxy) is 1. The minimum atomic E-state index is 0.251. The van der Waals surface area contributed by atoms with E-state index in [9.17, 15) is 4.79 Å². The summed E-state index contributed by atoms with van der Waals surface area (Å²) in [6.07, 6.45) is 10.6. The van der Waals surface area contributed by atoms with Gasteiger partial charge in [0.15, 0.2) is 0 Å². The summed E-state index contributed by atoms with van der Waals surface area (Å²) in [7, 11) is 0. The Hall–Kier alpha value is -0.370. The molecule has 0 N–H and O–H groups in total. The lowest BCUT2D eigenvalue weighted by Gasteiger charge is -2.21. The molecular formula is C13H22O2. The highest BCUT2D eigenvalue weighted by molar-refractivity contribution is 5.79. The minimum Gasteiger partial charge on any atom is -0.378 e. The Bertz CT molecular complexity index is 201. The van der Waals surface area contributed by atoms with Crippen molar-refractivity contribution in [2.45, 2.75) is 63.9 Å². The average molecular weight is 210 g/mol. The number of hydrogen-bond acceptors (Lipinski definition) is 2. The lowest BCUT2D eigenvalue weighted by Crippen LogP contribution is -2.17. The van der Waals surface area contributed by atoms with Gasteiger partial charge in [0, 0.05) is 19.4 Å². The fourth-order valence-electron chi connectivity index (χ4n) is 2.86. The van der Waals surface area contributed by atoms with Crippen LogP contribution in [0.5, 0.6) is 0 Å². The zero-order chi connectivity index (χ0) is 10.5. The van der Waals surface area contributed by atoms with E-state index in [0.29, 0.717) is 18.1 Å². The van der Waals surface area contributed by atoms with E-state index in [2.05, 4.69) is 0 Å². The molecule has 1 aliphatic carbocycles. The van der Waals surface area contributed by atoms with Gasteiger partial charge < -0.3 is 4.74 Å². The SMILES string of the molecule is O=C(CC1CCCCC1)CC1CCCO1. The Balaban J connectivity index is 1.66. The van der Waals surface area contributed by atoms with Crippen LogP contribution in [-0.4, -0.2) is 18.5 Å². The quantitative estimate of drug-likeness (QED) is 0.712. The normalized spacial score (nSPS) is 28.1. The van der Waals surface area contributed by atoms with E-state index in [4.69, 9.17) is 4.74 Å². The Kier molecular flexibility index (Phi) is 4.18. The summed E-state index contributed by atoms with van der Waals surface area (Å²) in [6, 6.07) is 0. The summed E-state index contributed by atoms with van der Waals surface area (Å²) in [6.45, 7) is 0.862. The summed E-state index contributed by atoms with van der Waals surface area (Å²) in [4.78, 5) is 11.8. The molecule has 1 atom stereocenters. The molecule has 15 heavy (non-hydrogen) atoms. The largest absolute Gasteiger partial charge is 0.378 e. The first-order valence-corrected chi connectivity index (χ1v) is 6.48. The Morgan fingerprint density at radius 2 is 1.80 bits per heavy atom. The van der Waals surface area contributed by atoms with E-state index in [-0.39, 0.29) is 6.10 Å². The van der Waals surface area contributed by atoms with E-state index in [1.807, 2.05) is 0 Å². The lowest BCUT2D eigenvalue weighted by molar-refractivity contribution is -0.122. The van der Waals surface area contributed by atoms with Gasteiger partial charge in [0.1, 0.15) is 5.78 Å². The van der Waals surface area contributed by atoms with Crippen molar-refractivity contribution in [1.29, 1.82) is 0 Å². The first-order chi connectivity index (χ1) is 7.34. The van der Waals surface area contributed by atoms with Gasteiger partial charge in [-0.3, -0.25) is 4.79 Å². The first kappa shape index (κ1) is 11.1. The monoisotopic (exact) mass is 210 g/mol. The summed E-state index contributed by atoms with van der Waals surface area (Å²) in [5.74, 6) is 1.13. The maximum Gasteiger partial charge on any atom is 0.135 e. The van der Waals surface area contributed by atoms with Gasteiger partial charge in [0.05, 0.1) is 6.10 Å². The molecular weight excluding hydrogens is 188 g/mol. The third-order valence-corrected chi connectivity index (χ3v) is 3.72. The molecule has 2 fully saturated rings. The van der Waals surface area contributed by atoms with Crippen molar-refractivity contribution in [2.24, 2.45) is 5.92 Å². The second kappa shape index (κ2) is 5.64. The fourth-order valence-corrected chi connectivity index (χ4v) is 2.86. The van der Waals surface area contributed by atoms with E-state index >= 15 is 0 Å². The van der Waals surface area contributed by atoms with Gasteiger partial charge >= 0.3 is 0 Å². The average Bonchev–Trinajstić information content (AvgIpc) is 2.71. The maximum atomic E-state index is 11.8. The predicted octanol–water partition coefficient (Wildman–Crippen LogP) is 3.10. The van der Waals surface area contributed by atoms with Crippen LogP contribution in [0, 0.1) is 5.92 Å². The van der Waals surface area contributed by atoms with E-state index in [1.165, 1.54) is 32.1 Å². The van der Waals surface area contributed by atoms with E-state index in [0.717, 1.165) is 25.9 Å². The van der Waals surface area contributed by atoms with Crippen molar-refractivity contribution >= 4 is 5.78 Å². The van der Waals surface area contributed by atoms with Crippen LogP contribution < -0.4 is 0 Å². The molecule has 86 valence electrons. The van der Waals surface area contributed by atoms with Crippen LogP contribution in [0.25, 0.3) is 0 Å². The molecule has 2 heteroatoms. The van der Waals surface area contributed by atoms with Crippen molar-refractivity contribution in [1.82, 2.24) is 0 Å². The van der Waals surface area contributed by atoms with Gasteiger partial charge in [-0.05, 0) is 18.8 Å². The second-order valence-electron chi connectivity index (χ2n) is 5.09. The Labute approximate surface area is 92.4 Å². The van der Waals surface area contributed by atoms with Crippen LogP contribution in [0.1, 0.15) is 57.8 Å². The van der Waals surface area contributed by atoms with Crippen LogP contribution in [0.2, 0.25) is 0 Å². The number of carbonyl (C=O) groups is 1.